The highest BCUT2D eigenvalue weighted by atomic mass is 28.3. The Bertz CT molecular complexity index is 2500. The number of ether oxygens (including phenoxy) is 3. The maximum Gasteiger partial charge on any atom is 0.411 e. The smallest absolute Gasteiger partial charge is 0.411 e. The molecule has 0 radical (unpaired) electrons. The highest BCUT2D eigenvalue weighted by Gasteiger charge is 2.53. The number of piperazine rings is 1. The molecule has 4 aliphatic heterocycles. The first-order valence-electron chi connectivity index (χ1n) is 23.4. The minimum atomic E-state index is -2.19. The molecule has 4 aliphatic rings. The number of benzene rings is 3. The van der Waals surface area contributed by atoms with Gasteiger partial charge < -0.3 is 19.1 Å². The van der Waals surface area contributed by atoms with Gasteiger partial charge in [-0.15, -0.1) is 5.54 Å². The number of hydrogen-bond acceptors (Lipinski definition) is 8. The van der Waals surface area contributed by atoms with Gasteiger partial charge in [0.1, 0.15) is 49.4 Å². The lowest BCUT2D eigenvalue weighted by Crippen LogP contribution is -2.63. The molecule has 4 aromatic rings. The van der Waals surface area contributed by atoms with E-state index in [2.05, 4.69) is 57.9 Å². The molecule has 0 saturated carbocycles. The van der Waals surface area contributed by atoms with E-state index in [9.17, 15) is 9.18 Å². The van der Waals surface area contributed by atoms with E-state index in [4.69, 9.17) is 24.2 Å². The molecule has 344 valence electrons. The first-order valence-corrected chi connectivity index (χ1v) is 25.7. The fourth-order valence-electron chi connectivity index (χ4n) is 12.0. The SMILES string of the molecule is CCOc1cc(-c2c(F)cc3c(N4C[C@H]5CC[C@@](C)(C4)N5C(=O)OC(C)(C)C)nc(OC[C@@]45CCCN4C[C@H](F)C5)nc3c2F)c2c(C#C[Si](C(C)C)(C(C)C)C(C)C)cccc2c1. The molecule has 0 spiro atoms. The number of halogens is 3. The molecule has 0 N–H and O–H groups in total. The number of fused-ring (bicyclic) bond motifs is 5. The Balaban J connectivity index is 1.30. The van der Waals surface area contributed by atoms with Crippen LogP contribution in [-0.2, 0) is 4.74 Å². The Morgan fingerprint density at radius 2 is 1.73 bits per heavy atom. The van der Waals surface area contributed by atoms with Crippen LogP contribution in [0.1, 0.15) is 114 Å². The van der Waals surface area contributed by atoms with Crippen LogP contribution in [0.15, 0.2) is 36.4 Å². The summed E-state index contributed by atoms with van der Waals surface area (Å²) in [6, 6.07) is 10.4. The van der Waals surface area contributed by atoms with Crippen LogP contribution in [0.5, 0.6) is 11.8 Å². The van der Waals surface area contributed by atoms with Gasteiger partial charge in [-0.3, -0.25) is 9.80 Å². The number of aromatic nitrogens is 2. The van der Waals surface area contributed by atoms with Crippen molar-refractivity contribution >= 4 is 41.7 Å². The Kier molecular flexibility index (Phi) is 12.2. The van der Waals surface area contributed by atoms with Crippen LogP contribution >= 0.6 is 0 Å². The topological polar surface area (TPSA) is 80.3 Å². The van der Waals surface area contributed by atoms with Crippen molar-refractivity contribution in [1.29, 1.82) is 0 Å². The zero-order valence-electron chi connectivity index (χ0n) is 39.6. The predicted molar refractivity (Wildman–Crippen MR) is 252 cm³/mol. The Hall–Kier alpha value is -4.54. The summed E-state index contributed by atoms with van der Waals surface area (Å²) >= 11 is 0. The van der Waals surface area contributed by atoms with E-state index in [-0.39, 0.29) is 41.2 Å². The Morgan fingerprint density at radius 3 is 2.41 bits per heavy atom. The molecule has 8 rings (SSSR count). The summed E-state index contributed by atoms with van der Waals surface area (Å²) in [4.78, 5) is 29.3. The lowest BCUT2D eigenvalue weighted by Gasteiger charge is -2.47. The van der Waals surface area contributed by atoms with Gasteiger partial charge in [0.15, 0.2) is 5.82 Å². The van der Waals surface area contributed by atoms with E-state index in [1.807, 2.05) is 68.7 Å². The molecule has 5 heterocycles. The summed E-state index contributed by atoms with van der Waals surface area (Å²) in [5.41, 5.74) is 3.84. The molecule has 4 atom stereocenters. The van der Waals surface area contributed by atoms with Gasteiger partial charge in [-0.05, 0) is 113 Å². The monoisotopic (exact) mass is 897 g/mol. The standard InChI is InChI=1S/C51H66F3N5O4Si/c1-12-61-38-23-35-16-13-15-34(18-22-64(31(2)3,32(4)5)33(6)7)42(35)39(24-38)43-41(53)25-40-45(44(43)54)55-47(62-30-51-19-14-21-58(51)27-36(52)26-51)56-46(40)57-28-37-17-20-50(11,29-57)59(37)48(60)63-49(8,9)10/h13,15-16,23-25,31-33,36-37H,12,14,17,19-21,26-30H2,1-11H3/t36-,37-,50+,51+/m1/s1. The maximum atomic E-state index is 18.0. The molecule has 0 unspecified atom stereocenters. The zero-order chi connectivity index (χ0) is 46.1. The fraction of sp³-hybridized carbons (Fsp3) is 0.588. The average Bonchev–Trinajstić information content (AvgIpc) is 3.80. The normalized spacial score (nSPS) is 23.7. The van der Waals surface area contributed by atoms with E-state index in [0.717, 1.165) is 37.6 Å². The van der Waals surface area contributed by atoms with Crippen LogP contribution in [0.25, 0.3) is 32.8 Å². The number of carbonyl (C=O) groups is 1. The van der Waals surface area contributed by atoms with E-state index in [1.165, 1.54) is 6.07 Å². The Labute approximate surface area is 378 Å². The molecule has 1 amide bonds. The van der Waals surface area contributed by atoms with Gasteiger partial charge >= 0.3 is 12.1 Å². The Morgan fingerprint density at radius 1 is 1.00 bits per heavy atom. The van der Waals surface area contributed by atoms with E-state index in [1.54, 1.807) is 6.07 Å². The number of rotatable bonds is 10. The second-order valence-electron chi connectivity index (χ2n) is 21.0. The van der Waals surface area contributed by atoms with E-state index < -0.39 is 42.6 Å². The largest absolute Gasteiger partial charge is 0.494 e. The second-order valence-corrected chi connectivity index (χ2v) is 26.6. The zero-order valence-corrected chi connectivity index (χ0v) is 40.6. The van der Waals surface area contributed by atoms with Gasteiger partial charge in [-0.1, -0.05) is 59.6 Å². The summed E-state index contributed by atoms with van der Waals surface area (Å²) in [6.45, 7) is 25.4. The average molecular weight is 898 g/mol. The number of anilines is 1. The summed E-state index contributed by atoms with van der Waals surface area (Å²) < 4.78 is 68.6. The molecular weight excluding hydrogens is 832 g/mol. The molecular formula is C51H66F3N5O4Si. The second kappa shape index (κ2) is 17.0. The molecule has 13 heteroatoms. The number of nitrogens with zero attached hydrogens (tertiary/aromatic N) is 5. The van der Waals surface area contributed by atoms with Crippen LogP contribution in [0.3, 0.4) is 0 Å². The van der Waals surface area contributed by atoms with Crippen LogP contribution in [-0.4, -0.2) is 102 Å². The van der Waals surface area contributed by atoms with Crippen molar-refractivity contribution in [3.63, 3.8) is 0 Å². The van der Waals surface area contributed by atoms with E-state index >= 15 is 8.78 Å². The van der Waals surface area contributed by atoms with Crippen LogP contribution < -0.4 is 14.4 Å². The first-order chi connectivity index (χ1) is 30.2. The lowest BCUT2D eigenvalue weighted by atomic mass is 9.92. The lowest BCUT2D eigenvalue weighted by molar-refractivity contribution is -0.00281. The van der Waals surface area contributed by atoms with Crippen LogP contribution in [0.2, 0.25) is 16.6 Å². The quantitative estimate of drug-likeness (QED) is 0.115. The molecule has 9 nitrogen and oxygen atoms in total. The van der Waals surface area contributed by atoms with Gasteiger partial charge in [-0.25, -0.2) is 18.0 Å². The number of amides is 1. The summed E-state index contributed by atoms with van der Waals surface area (Å²) in [5.74, 6) is 2.74. The molecule has 1 aromatic heterocycles. The summed E-state index contributed by atoms with van der Waals surface area (Å²) in [5, 5.41) is 1.57. The van der Waals surface area contributed by atoms with Gasteiger partial charge in [0, 0.05) is 48.0 Å². The van der Waals surface area contributed by atoms with Gasteiger partial charge in [-0.2, -0.15) is 9.97 Å². The molecule has 2 bridgehead atoms. The van der Waals surface area contributed by atoms with E-state index in [0.29, 0.717) is 77.4 Å². The highest BCUT2D eigenvalue weighted by Crippen LogP contribution is 2.47. The van der Waals surface area contributed by atoms with Crippen molar-refractivity contribution in [2.75, 3.05) is 44.3 Å². The molecule has 64 heavy (non-hydrogen) atoms. The first kappa shape index (κ1) is 46.0. The maximum absolute atomic E-state index is 18.0. The molecule has 4 saturated heterocycles. The van der Waals surface area contributed by atoms with Crippen molar-refractivity contribution < 1.29 is 32.2 Å². The molecule has 0 aliphatic carbocycles. The number of carbonyl (C=O) groups excluding carboxylic acids is 1. The van der Waals surface area contributed by atoms with Crippen LogP contribution in [0, 0.1) is 23.1 Å². The van der Waals surface area contributed by atoms with Gasteiger partial charge in [0.2, 0.25) is 0 Å². The van der Waals surface area contributed by atoms with Crippen molar-refractivity contribution in [3.05, 3.63) is 53.6 Å². The van der Waals surface area contributed by atoms with Crippen molar-refractivity contribution in [1.82, 2.24) is 19.8 Å². The third-order valence-corrected chi connectivity index (χ3v) is 21.0. The summed E-state index contributed by atoms with van der Waals surface area (Å²) in [7, 11) is -2.19. The predicted octanol–water partition coefficient (Wildman–Crippen LogP) is 11.6. The fourth-order valence-corrected chi connectivity index (χ4v) is 17.2. The minimum Gasteiger partial charge on any atom is -0.494 e. The third kappa shape index (κ3) is 8.09. The number of hydrogen-bond donors (Lipinski definition) is 0. The highest BCUT2D eigenvalue weighted by molar-refractivity contribution is 6.90. The number of alkyl halides is 1. The van der Waals surface area contributed by atoms with Crippen LogP contribution in [0.4, 0.5) is 23.8 Å². The van der Waals surface area contributed by atoms with Gasteiger partial charge in [0.05, 0.1) is 29.3 Å². The van der Waals surface area contributed by atoms with Crippen molar-refractivity contribution in [2.24, 2.45) is 0 Å². The molecule has 4 fully saturated rings. The molecule has 3 aromatic carbocycles. The summed E-state index contributed by atoms with van der Waals surface area (Å²) in [6.07, 6.45) is 2.15. The van der Waals surface area contributed by atoms with Gasteiger partial charge in [0.25, 0.3) is 0 Å². The minimum absolute atomic E-state index is 0.0635. The van der Waals surface area contributed by atoms with Crippen molar-refractivity contribution in [3.8, 4) is 34.4 Å². The third-order valence-electron chi connectivity index (χ3n) is 14.7. The van der Waals surface area contributed by atoms with Crippen molar-refractivity contribution in [2.45, 2.75) is 154 Å².